The van der Waals surface area contributed by atoms with E-state index in [0.29, 0.717) is 12.3 Å². The number of aryl methyl sites for hydroxylation is 1. The first-order valence-electron chi connectivity index (χ1n) is 7.80. The molecule has 0 fully saturated rings. The normalized spacial score (nSPS) is 16.6. The van der Waals surface area contributed by atoms with Crippen LogP contribution in [0.15, 0.2) is 54.1 Å². The molecule has 1 aliphatic heterocycles. The lowest BCUT2D eigenvalue weighted by Crippen LogP contribution is -2.46. The van der Waals surface area contributed by atoms with Gasteiger partial charge in [-0.3, -0.25) is 4.90 Å². The number of hydrogen-bond acceptors (Lipinski definition) is 2. The van der Waals surface area contributed by atoms with Crippen molar-refractivity contribution >= 4 is 17.4 Å². The minimum atomic E-state index is -0.107. The number of rotatable bonds is 2. The van der Waals surface area contributed by atoms with Crippen molar-refractivity contribution in [3.8, 4) is 5.75 Å². The number of urea groups is 1. The topological polar surface area (TPSA) is 41.6 Å². The van der Waals surface area contributed by atoms with Crippen LogP contribution in [0, 0.1) is 0 Å². The van der Waals surface area contributed by atoms with E-state index < -0.39 is 0 Å². The number of nitrogens with zero attached hydrogens (tertiary/aromatic N) is 1. The summed E-state index contributed by atoms with van der Waals surface area (Å²) in [7, 11) is 1.63. The zero-order valence-electron chi connectivity index (χ0n) is 13.0. The van der Waals surface area contributed by atoms with E-state index in [9.17, 15) is 4.79 Å². The first-order valence-corrected chi connectivity index (χ1v) is 7.80. The lowest BCUT2D eigenvalue weighted by atomic mass is 9.88. The molecule has 1 aliphatic carbocycles. The zero-order chi connectivity index (χ0) is 15.8. The summed E-state index contributed by atoms with van der Waals surface area (Å²) in [6.07, 6.45) is 1.99. The van der Waals surface area contributed by atoms with Crippen molar-refractivity contribution in [3.05, 3.63) is 65.2 Å². The highest BCUT2D eigenvalue weighted by Crippen LogP contribution is 2.36. The second-order valence-electron chi connectivity index (χ2n) is 5.82. The first-order chi connectivity index (χ1) is 11.3. The number of amides is 2. The second kappa shape index (κ2) is 5.47. The predicted molar refractivity (Wildman–Crippen MR) is 90.6 cm³/mol. The third kappa shape index (κ3) is 2.27. The van der Waals surface area contributed by atoms with Gasteiger partial charge in [-0.1, -0.05) is 36.4 Å². The standard InChI is InChI=1S/C19H18N2O2/c1-23-17-9-5-4-8-16(17)21-12-14-11-10-13-6-2-3-7-15(13)18(14)20-19(21)22/h2-9H,10-12H2,1H3,(H,20,22). The smallest absolute Gasteiger partial charge is 0.326 e. The Morgan fingerprint density at radius 3 is 2.70 bits per heavy atom. The van der Waals surface area contributed by atoms with Crippen molar-refractivity contribution in [2.75, 3.05) is 18.6 Å². The molecule has 2 amide bonds. The summed E-state index contributed by atoms with van der Waals surface area (Å²) in [5.74, 6) is 0.711. The maximum Gasteiger partial charge on any atom is 0.326 e. The Bertz CT molecular complexity index is 811. The third-order valence-corrected chi connectivity index (χ3v) is 4.54. The van der Waals surface area contributed by atoms with Crippen LogP contribution in [0.5, 0.6) is 5.75 Å². The number of nitrogens with one attached hydrogen (secondary N) is 1. The molecule has 2 aliphatic rings. The van der Waals surface area contributed by atoms with Crippen molar-refractivity contribution in [1.82, 2.24) is 5.32 Å². The molecule has 4 nitrogen and oxygen atoms in total. The average Bonchev–Trinajstić information content (AvgIpc) is 2.61. The molecule has 116 valence electrons. The Morgan fingerprint density at radius 1 is 1.04 bits per heavy atom. The van der Waals surface area contributed by atoms with Crippen LogP contribution in [-0.4, -0.2) is 19.7 Å². The van der Waals surface area contributed by atoms with Crippen LogP contribution in [0.3, 0.4) is 0 Å². The van der Waals surface area contributed by atoms with Crippen molar-refractivity contribution in [2.24, 2.45) is 0 Å². The van der Waals surface area contributed by atoms with Gasteiger partial charge in [-0.05, 0) is 36.1 Å². The molecule has 2 aromatic rings. The molecule has 0 radical (unpaired) electrons. The monoisotopic (exact) mass is 306 g/mol. The SMILES string of the molecule is COc1ccccc1N1CC2=C(NC1=O)c1ccccc1CC2. The molecule has 0 saturated carbocycles. The summed E-state index contributed by atoms with van der Waals surface area (Å²) in [6.45, 7) is 0.607. The number of methoxy groups -OCH3 is 1. The van der Waals surface area contributed by atoms with Gasteiger partial charge in [0.15, 0.2) is 0 Å². The van der Waals surface area contributed by atoms with Gasteiger partial charge in [0, 0.05) is 5.56 Å². The first kappa shape index (κ1) is 13.9. The van der Waals surface area contributed by atoms with E-state index in [1.165, 1.54) is 11.1 Å². The van der Waals surface area contributed by atoms with E-state index in [0.717, 1.165) is 29.8 Å². The van der Waals surface area contributed by atoms with Gasteiger partial charge in [0.2, 0.25) is 0 Å². The van der Waals surface area contributed by atoms with Gasteiger partial charge in [0.1, 0.15) is 5.75 Å². The fourth-order valence-corrected chi connectivity index (χ4v) is 3.38. The van der Waals surface area contributed by atoms with E-state index >= 15 is 0 Å². The number of carbonyl (C=O) groups excluding carboxylic acids is 1. The molecule has 0 aromatic heterocycles. The maximum absolute atomic E-state index is 12.7. The van der Waals surface area contributed by atoms with Crippen LogP contribution < -0.4 is 15.0 Å². The maximum atomic E-state index is 12.7. The van der Waals surface area contributed by atoms with Gasteiger partial charge in [-0.15, -0.1) is 0 Å². The third-order valence-electron chi connectivity index (χ3n) is 4.54. The Balaban J connectivity index is 1.74. The summed E-state index contributed by atoms with van der Waals surface area (Å²) >= 11 is 0. The summed E-state index contributed by atoms with van der Waals surface area (Å²) in [5.41, 5.74) is 5.52. The number of ether oxygens (including phenoxy) is 1. The molecule has 4 rings (SSSR count). The molecule has 4 heteroatoms. The second-order valence-corrected chi connectivity index (χ2v) is 5.82. The molecule has 23 heavy (non-hydrogen) atoms. The fourth-order valence-electron chi connectivity index (χ4n) is 3.38. The van der Waals surface area contributed by atoms with Gasteiger partial charge < -0.3 is 10.1 Å². The molecular formula is C19H18N2O2. The number of para-hydroxylation sites is 2. The lowest BCUT2D eigenvalue weighted by molar-refractivity contribution is 0.249. The lowest BCUT2D eigenvalue weighted by Gasteiger charge is -2.35. The van der Waals surface area contributed by atoms with E-state index in [1.54, 1.807) is 12.0 Å². The Morgan fingerprint density at radius 2 is 1.83 bits per heavy atom. The number of hydrogen-bond donors (Lipinski definition) is 1. The quantitative estimate of drug-likeness (QED) is 0.921. The highest BCUT2D eigenvalue weighted by Gasteiger charge is 2.30. The Labute approximate surface area is 135 Å². The summed E-state index contributed by atoms with van der Waals surface area (Å²) < 4.78 is 5.40. The zero-order valence-corrected chi connectivity index (χ0v) is 13.0. The molecule has 0 saturated heterocycles. The highest BCUT2D eigenvalue weighted by molar-refractivity contribution is 6.02. The van der Waals surface area contributed by atoms with Crippen LogP contribution in [0.4, 0.5) is 10.5 Å². The van der Waals surface area contributed by atoms with E-state index in [4.69, 9.17) is 4.74 Å². The Kier molecular flexibility index (Phi) is 3.30. The van der Waals surface area contributed by atoms with Gasteiger partial charge in [0.25, 0.3) is 0 Å². The number of carbonyl (C=O) groups is 1. The summed E-state index contributed by atoms with van der Waals surface area (Å²) in [5, 5.41) is 3.09. The van der Waals surface area contributed by atoms with Crippen LogP contribution in [0.2, 0.25) is 0 Å². The fraction of sp³-hybridized carbons (Fsp3) is 0.211. The molecular weight excluding hydrogens is 288 g/mol. The molecule has 0 bridgehead atoms. The van der Waals surface area contributed by atoms with Crippen molar-refractivity contribution in [1.29, 1.82) is 0 Å². The predicted octanol–water partition coefficient (Wildman–Crippen LogP) is 3.58. The molecule has 1 heterocycles. The van der Waals surface area contributed by atoms with Gasteiger partial charge >= 0.3 is 6.03 Å². The minimum absolute atomic E-state index is 0.107. The molecule has 0 spiro atoms. The van der Waals surface area contributed by atoms with Crippen molar-refractivity contribution < 1.29 is 9.53 Å². The molecule has 0 atom stereocenters. The van der Waals surface area contributed by atoms with Crippen molar-refractivity contribution in [2.45, 2.75) is 12.8 Å². The van der Waals surface area contributed by atoms with E-state index in [-0.39, 0.29) is 6.03 Å². The molecule has 2 aromatic carbocycles. The van der Waals surface area contributed by atoms with Gasteiger partial charge in [-0.2, -0.15) is 0 Å². The largest absolute Gasteiger partial charge is 0.495 e. The molecule has 0 unspecified atom stereocenters. The number of fused-ring (bicyclic) bond motifs is 2. The van der Waals surface area contributed by atoms with E-state index in [2.05, 4.69) is 23.5 Å². The van der Waals surface area contributed by atoms with Crippen LogP contribution in [0.1, 0.15) is 17.5 Å². The number of anilines is 1. The van der Waals surface area contributed by atoms with E-state index in [1.807, 2.05) is 30.3 Å². The highest BCUT2D eigenvalue weighted by atomic mass is 16.5. The number of benzene rings is 2. The van der Waals surface area contributed by atoms with Crippen molar-refractivity contribution in [3.63, 3.8) is 0 Å². The van der Waals surface area contributed by atoms with Crippen LogP contribution in [-0.2, 0) is 6.42 Å². The summed E-state index contributed by atoms with van der Waals surface area (Å²) in [4.78, 5) is 14.4. The van der Waals surface area contributed by atoms with Crippen LogP contribution >= 0.6 is 0 Å². The van der Waals surface area contributed by atoms with Crippen LogP contribution in [0.25, 0.3) is 5.70 Å². The van der Waals surface area contributed by atoms with Gasteiger partial charge in [0.05, 0.1) is 25.0 Å². The Hall–Kier alpha value is -2.75. The summed E-state index contributed by atoms with van der Waals surface area (Å²) in [6, 6.07) is 15.8. The average molecular weight is 306 g/mol. The van der Waals surface area contributed by atoms with Gasteiger partial charge in [-0.25, -0.2) is 4.79 Å². The molecule has 1 N–H and O–H groups in total. The minimum Gasteiger partial charge on any atom is -0.495 e.